The molecular weight excluding hydrogens is 295 g/mol. The molecule has 1 atom stereocenters. The number of hydrogen-bond acceptors (Lipinski definition) is 2. The van der Waals surface area contributed by atoms with Crippen LogP contribution in [0.5, 0.6) is 5.75 Å². The monoisotopic (exact) mass is 315 g/mol. The Morgan fingerprint density at radius 2 is 1.95 bits per heavy atom. The molecule has 0 bridgehead atoms. The van der Waals surface area contributed by atoms with E-state index in [0.29, 0.717) is 13.1 Å². The van der Waals surface area contributed by atoms with Crippen LogP contribution in [0.2, 0.25) is 0 Å². The lowest BCUT2D eigenvalue weighted by atomic mass is 9.94. The number of alkyl halides is 3. The minimum atomic E-state index is -4.45. The van der Waals surface area contributed by atoms with E-state index in [1.54, 1.807) is 7.11 Å². The summed E-state index contributed by atoms with van der Waals surface area (Å²) in [5.41, 5.74) is 1.03. The minimum Gasteiger partial charge on any atom is -0.497 e. The third-order valence-corrected chi connectivity index (χ3v) is 3.96. The van der Waals surface area contributed by atoms with Gasteiger partial charge in [-0.15, -0.1) is 0 Å². The Kier molecular flexibility index (Phi) is 5.32. The number of carbonyl (C=O) groups is 1. The highest BCUT2D eigenvalue weighted by molar-refractivity contribution is 5.77. The molecule has 1 heterocycles. The van der Waals surface area contributed by atoms with Crippen LogP contribution in [0.15, 0.2) is 24.3 Å². The van der Waals surface area contributed by atoms with E-state index >= 15 is 0 Å². The molecule has 1 fully saturated rings. The normalized spacial score (nSPS) is 19.6. The van der Waals surface area contributed by atoms with Gasteiger partial charge in [-0.2, -0.15) is 13.2 Å². The number of halogens is 3. The molecule has 1 saturated heterocycles. The van der Waals surface area contributed by atoms with Crippen molar-refractivity contribution < 1.29 is 22.7 Å². The molecule has 1 amide bonds. The zero-order valence-corrected chi connectivity index (χ0v) is 12.5. The van der Waals surface area contributed by atoms with Gasteiger partial charge in [0.25, 0.3) is 0 Å². The van der Waals surface area contributed by atoms with Crippen LogP contribution in [-0.2, 0) is 4.79 Å². The van der Waals surface area contributed by atoms with Gasteiger partial charge >= 0.3 is 6.18 Å². The highest BCUT2D eigenvalue weighted by Gasteiger charge is 2.34. The number of ether oxygens (including phenoxy) is 1. The van der Waals surface area contributed by atoms with Crippen LogP contribution >= 0.6 is 0 Å². The standard InChI is InChI=1S/C16H20F3NO2/c1-22-14-7-5-12(6-8-14)13-4-2-3-9-20(11-13)15(21)10-16(17,18)19/h5-8,13H,2-4,9-11H2,1H3/t13-/m0/s1. The summed E-state index contributed by atoms with van der Waals surface area (Å²) in [5, 5.41) is 0. The Morgan fingerprint density at radius 3 is 2.55 bits per heavy atom. The van der Waals surface area contributed by atoms with Crippen molar-refractivity contribution in [2.45, 2.75) is 37.8 Å². The molecule has 0 saturated carbocycles. The highest BCUT2D eigenvalue weighted by atomic mass is 19.4. The zero-order chi connectivity index (χ0) is 16.2. The maximum atomic E-state index is 12.4. The summed E-state index contributed by atoms with van der Waals surface area (Å²) in [6.45, 7) is 0.753. The molecule has 0 aliphatic carbocycles. The molecule has 0 aromatic heterocycles. The molecule has 1 aliphatic rings. The zero-order valence-electron chi connectivity index (χ0n) is 12.5. The van der Waals surface area contributed by atoms with Crippen LogP contribution in [0.4, 0.5) is 13.2 Å². The van der Waals surface area contributed by atoms with Crippen molar-refractivity contribution in [2.75, 3.05) is 20.2 Å². The third kappa shape index (κ3) is 4.64. The largest absolute Gasteiger partial charge is 0.497 e. The van der Waals surface area contributed by atoms with Gasteiger partial charge in [-0.1, -0.05) is 18.6 Å². The van der Waals surface area contributed by atoms with Crippen molar-refractivity contribution in [3.8, 4) is 5.75 Å². The van der Waals surface area contributed by atoms with Gasteiger partial charge in [-0.05, 0) is 30.5 Å². The number of carbonyl (C=O) groups excluding carboxylic acids is 1. The smallest absolute Gasteiger partial charge is 0.397 e. The molecular formula is C16H20F3NO2. The van der Waals surface area contributed by atoms with Crippen molar-refractivity contribution in [1.82, 2.24) is 4.90 Å². The Hall–Kier alpha value is -1.72. The van der Waals surface area contributed by atoms with Gasteiger partial charge in [0.15, 0.2) is 0 Å². The first-order valence-corrected chi connectivity index (χ1v) is 7.37. The highest BCUT2D eigenvalue weighted by Crippen LogP contribution is 2.29. The summed E-state index contributed by atoms with van der Waals surface area (Å²) in [4.78, 5) is 13.2. The maximum Gasteiger partial charge on any atom is 0.397 e. The fraction of sp³-hybridized carbons (Fsp3) is 0.562. The summed E-state index contributed by atoms with van der Waals surface area (Å²) in [7, 11) is 1.58. The first kappa shape index (κ1) is 16.6. The van der Waals surface area contributed by atoms with E-state index in [0.717, 1.165) is 30.6 Å². The van der Waals surface area contributed by atoms with E-state index in [-0.39, 0.29) is 5.92 Å². The summed E-state index contributed by atoms with van der Waals surface area (Å²) in [6, 6.07) is 7.51. The topological polar surface area (TPSA) is 29.5 Å². The maximum absolute atomic E-state index is 12.4. The second-order valence-corrected chi connectivity index (χ2v) is 5.60. The van der Waals surface area contributed by atoms with Crippen molar-refractivity contribution in [1.29, 1.82) is 0 Å². The van der Waals surface area contributed by atoms with E-state index in [1.807, 2.05) is 24.3 Å². The van der Waals surface area contributed by atoms with Crippen molar-refractivity contribution in [3.63, 3.8) is 0 Å². The minimum absolute atomic E-state index is 0.0746. The summed E-state index contributed by atoms with van der Waals surface area (Å²) in [6.07, 6.45) is -3.29. The predicted molar refractivity (Wildman–Crippen MR) is 76.8 cm³/mol. The molecule has 0 unspecified atom stereocenters. The summed E-state index contributed by atoms with van der Waals surface area (Å²) < 4.78 is 42.3. The van der Waals surface area contributed by atoms with Crippen LogP contribution in [0.3, 0.4) is 0 Å². The summed E-state index contributed by atoms with van der Waals surface area (Å²) >= 11 is 0. The Labute approximate surface area is 128 Å². The van der Waals surface area contributed by atoms with Crippen LogP contribution in [0.1, 0.15) is 37.2 Å². The van der Waals surface area contributed by atoms with Gasteiger partial charge in [-0.3, -0.25) is 4.79 Å². The van der Waals surface area contributed by atoms with Crippen LogP contribution in [0.25, 0.3) is 0 Å². The molecule has 1 aromatic rings. The fourth-order valence-corrected chi connectivity index (χ4v) is 2.80. The second kappa shape index (κ2) is 7.03. The molecule has 3 nitrogen and oxygen atoms in total. The van der Waals surface area contributed by atoms with Gasteiger partial charge in [0.05, 0.1) is 7.11 Å². The average molecular weight is 315 g/mol. The number of nitrogens with zero attached hydrogens (tertiary/aromatic N) is 1. The fourth-order valence-electron chi connectivity index (χ4n) is 2.80. The van der Waals surface area contributed by atoms with Gasteiger partial charge in [0.2, 0.25) is 5.91 Å². The van der Waals surface area contributed by atoms with E-state index in [1.165, 1.54) is 4.90 Å². The van der Waals surface area contributed by atoms with Crippen LogP contribution < -0.4 is 4.74 Å². The van der Waals surface area contributed by atoms with E-state index < -0.39 is 18.5 Å². The third-order valence-electron chi connectivity index (χ3n) is 3.96. The Bertz CT molecular complexity index is 499. The van der Waals surface area contributed by atoms with Gasteiger partial charge in [-0.25, -0.2) is 0 Å². The second-order valence-electron chi connectivity index (χ2n) is 5.60. The van der Waals surface area contributed by atoms with E-state index in [2.05, 4.69) is 0 Å². The lowest BCUT2D eigenvalue weighted by molar-refractivity contribution is -0.161. The lowest BCUT2D eigenvalue weighted by Gasteiger charge is -2.25. The van der Waals surface area contributed by atoms with Gasteiger partial charge in [0.1, 0.15) is 12.2 Å². The Morgan fingerprint density at radius 1 is 1.27 bits per heavy atom. The number of methoxy groups -OCH3 is 1. The first-order chi connectivity index (χ1) is 10.4. The number of rotatable bonds is 3. The van der Waals surface area contributed by atoms with Crippen molar-refractivity contribution in [3.05, 3.63) is 29.8 Å². The van der Waals surface area contributed by atoms with Crippen molar-refractivity contribution >= 4 is 5.91 Å². The molecule has 1 aliphatic heterocycles. The molecule has 22 heavy (non-hydrogen) atoms. The number of likely N-dealkylation sites (tertiary alicyclic amines) is 1. The average Bonchev–Trinajstić information content (AvgIpc) is 2.71. The van der Waals surface area contributed by atoms with Crippen LogP contribution in [0, 0.1) is 0 Å². The molecule has 0 N–H and O–H groups in total. The molecule has 0 spiro atoms. The molecule has 122 valence electrons. The number of amides is 1. The SMILES string of the molecule is COc1ccc([C@H]2CCCCN(C(=O)CC(F)(F)F)C2)cc1. The Balaban J connectivity index is 2.07. The van der Waals surface area contributed by atoms with Gasteiger partial charge < -0.3 is 9.64 Å². The van der Waals surface area contributed by atoms with Gasteiger partial charge in [0, 0.05) is 19.0 Å². The molecule has 6 heteroatoms. The first-order valence-electron chi connectivity index (χ1n) is 7.37. The predicted octanol–water partition coefficient (Wildman–Crippen LogP) is 3.74. The summed E-state index contributed by atoms with van der Waals surface area (Å²) in [5.74, 6) is -0.0131. The van der Waals surface area contributed by atoms with E-state index in [4.69, 9.17) is 4.74 Å². The number of benzene rings is 1. The van der Waals surface area contributed by atoms with E-state index in [9.17, 15) is 18.0 Å². The molecule has 1 aromatic carbocycles. The quantitative estimate of drug-likeness (QED) is 0.850. The molecule has 2 rings (SSSR count). The van der Waals surface area contributed by atoms with Crippen molar-refractivity contribution in [2.24, 2.45) is 0 Å². The lowest BCUT2D eigenvalue weighted by Crippen LogP contribution is -2.36. The molecule has 0 radical (unpaired) electrons. The van der Waals surface area contributed by atoms with Crippen LogP contribution in [-0.4, -0.2) is 37.2 Å². The number of hydrogen-bond donors (Lipinski definition) is 0.